The van der Waals surface area contributed by atoms with Gasteiger partial charge in [0, 0.05) is 18.2 Å². The van der Waals surface area contributed by atoms with Gasteiger partial charge < -0.3 is 10.2 Å². The predicted molar refractivity (Wildman–Crippen MR) is 69.9 cm³/mol. The van der Waals surface area contributed by atoms with Crippen molar-refractivity contribution in [3.63, 3.8) is 0 Å². The number of rotatable bonds is 7. The molecule has 6 nitrogen and oxygen atoms in total. The number of benzene rings is 1. The van der Waals surface area contributed by atoms with E-state index in [1.807, 2.05) is 0 Å². The van der Waals surface area contributed by atoms with Crippen LogP contribution < -0.4 is 4.72 Å². The first-order chi connectivity index (χ1) is 9.29. The first kappa shape index (κ1) is 16.8. The molecule has 0 bridgehead atoms. The molecule has 0 heterocycles. The zero-order valence-electron chi connectivity index (χ0n) is 10.3. The Morgan fingerprint density at radius 3 is 2.55 bits per heavy atom. The molecule has 1 rings (SSSR count). The smallest absolute Gasteiger partial charge is 0.338 e. The van der Waals surface area contributed by atoms with Crippen LogP contribution in [0, 0.1) is 5.82 Å². The Morgan fingerprint density at radius 2 is 2.00 bits per heavy atom. The summed E-state index contributed by atoms with van der Waals surface area (Å²) in [4.78, 5) is 10.00. The summed E-state index contributed by atoms with van der Waals surface area (Å²) in [7, 11) is -4.20. The number of aliphatic hydroxyl groups excluding tert-OH is 1. The molecule has 0 fully saturated rings. The number of aromatic carboxylic acids is 1. The normalized spacial score (nSPS) is 11.6. The molecule has 0 aliphatic carbocycles. The highest BCUT2D eigenvalue weighted by molar-refractivity contribution is 7.89. The van der Waals surface area contributed by atoms with Crippen molar-refractivity contribution in [3.8, 4) is 0 Å². The highest BCUT2D eigenvalue weighted by Crippen LogP contribution is 2.23. The van der Waals surface area contributed by atoms with Crippen LogP contribution in [0.25, 0.3) is 0 Å². The van der Waals surface area contributed by atoms with Gasteiger partial charge in [-0.2, -0.15) is 0 Å². The van der Waals surface area contributed by atoms with E-state index in [1.54, 1.807) is 0 Å². The summed E-state index contributed by atoms with van der Waals surface area (Å²) in [6.45, 7) is -0.0896. The van der Waals surface area contributed by atoms with Crippen molar-refractivity contribution in [2.24, 2.45) is 0 Å². The lowest BCUT2D eigenvalue weighted by Crippen LogP contribution is -2.26. The molecule has 1 aromatic rings. The summed E-state index contributed by atoms with van der Waals surface area (Å²) in [5.41, 5.74) is -0.812. The first-order valence-corrected chi connectivity index (χ1v) is 7.48. The molecule has 0 saturated carbocycles. The van der Waals surface area contributed by atoms with Crippen molar-refractivity contribution in [2.75, 3.05) is 13.2 Å². The van der Waals surface area contributed by atoms with E-state index in [0.717, 1.165) is 12.1 Å². The maximum atomic E-state index is 13.9. The Kier molecular flexibility index (Phi) is 5.88. The van der Waals surface area contributed by atoms with E-state index in [2.05, 4.69) is 4.72 Å². The van der Waals surface area contributed by atoms with Crippen LogP contribution in [-0.4, -0.2) is 37.8 Å². The average Bonchev–Trinajstić information content (AvgIpc) is 2.36. The topological polar surface area (TPSA) is 104 Å². The third-order valence-electron chi connectivity index (χ3n) is 2.40. The van der Waals surface area contributed by atoms with Crippen LogP contribution >= 0.6 is 11.6 Å². The molecule has 9 heteroatoms. The zero-order valence-corrected chi connectivity index (χ0v) is 11.8. The highest BCUT2D eigenvalue weighted by atomic mass is 35.5. The minimum Gasteiger partial charge on any atom is -0.478 e. The quantitative estimate of drug-likeness (QED) is 0.654. The van der Waals surface area contributed by atoms with Crippen molar-refractivity contribution in [3.05, 3.63) is 28.5 Å². The average molecular weight is 326 g/mol. The van der Waals surface area contributed by atoms with Crippen molar-refractivity contribution in [1.29, 1.82) is 0 Å². The summed E-state index contributed by atoms with van der Waals surface area (Å²) in [6.07, 6.45) is 0.755. The van der Waals surface area contributed by atoms with Gasteiger partial charge in [-0.3, -0.25) is 0 Å². The lowest BCUT2D eigenvalue weighted by molar-refractivity contribution is 0.0691. The molecule has 0 spiro atoms. The summed E-state index contributed by atoms with van der Waals surface area (Å²) < 4.78 is 39.7. The number of carbonyl (C=O) groups is 1. The maximum absolute atomic E-state index is 13.9. The second-order valence-electron chi connectivity index (χ2n) is 3.90. The molecule has 0 aliphatic rings. The van der Waals surface area contributed by atoms with Gasteiger partial charge in [-0.15, -0.1) is 0 Å². The first-order valence-electron chi connectivity index (χ1n) is 5.62. The molecule has 0 aromatic heterocycles. The molecule has 112 valence electrons. The minimum absolute atomic E-state index is 0.00273. The Labute approximate surface area is 120 Å². The van der Waals surface area contributed by atoms with Gasteiger partial charge in [0.2, 0.25) is 10.0 Å². The van der Waals surface area contributed by atoms with E-state index in [1.165, 1.54) is 0 Å². The molecular weight excluding hydrogens is 313 g/mol. The molecule has 0 unspecified atom stereocenters. The van der Waals surface area contributed by atoms with Gasteiger partial charge in [-0.1, -0.05) is 11.6 Å². The van der Waals surface area contributed by atoms with Crippen LogP contribution in [0.15, 0.2) is 17.0 Å². The van der Waals surface area contributed by atoms with Crippen LogP contribution in [0.2, 0.25) is 5.02 Å². The van der Waals surface area contributed by atoms with Gasteiger partial charge in [0.15, 0.2) is 5.82 Å². The van der Waals surface area contributed by atoms with Crippen LogP contribution in [0.1, 0.15) is 23.2 Å². The lowest BCUT2D eigenvalue weighted by Gasteiger charge is -2.09. The minimum atomic E-state index is -4.20. The van der Waals surface area contributed by atoms with Crippen LogP contribution in [0.5, 0.6) is 0 Å². The van der Waals surface area contributed by atoms with Gasteiger partial charge in [0.05, 0.1) is 5.56 Å². The van der Waals surface area contributed by atoms with Gasteiger partial charge in [0.1, 0.15) is 4.90 Å². The SMILES string of the molecule is O=C(O)c1cc(Cl)cc(S(=O)(=O)NCCCCO)c1F. The van der Waals surface area contributed by atoms with Crippen molar-refractivity contribution >= 4 is 27.6 Å². The van der Waals surface area contributed by atoms with Crippen LogP contribution in [0.4, 0.5) is 4.39 Å². The number of carboxylic acids is 1. The van der Waals surface area contributed by atoms with E-state index < -0.39 is 32.3 Å². The number of hydrogen-bond acceptors (Lipinski definition) is 4. The highest BCUT2D eigenvalue weighted by Gasteiger charge is 2.24. The molecule has 1 aromatic carbocycles. The van der Waals surface area contributed by atoms with Gasteiger partial charge in [-0.25, -0.2) is 22.3 Å². The Balaban J connectivity index is 3.09. The van der Waals surface area contributed by atoms with Crippen molar-refractivity contribution in [2.45, 2.75) is 17.7 Å². The number of halogens is 2. The Morgan fingerprint density at radius 1 is 1.35 bits per heavy atom. The number of unbranched alkanes of at least 4 members (excludes halogenated alkanes) is 1. The second kappa shape index (κ2) is 6.98. The van der Waals surface area contributed by atoms with Crippen molar-refractivity contribution < 1.29 is 27.8 Å². The number of carboxylic acid groups (broad SMARTS) is 1. The fourth-order valence-electron chi connectivity index (χ4n) is 1.44. The summed E-state index contributed by atoms with van der Waals surface area (Å²) >= 11 is 5.60. The van der Waals surface area contributed by atoms with E-state index in [-0.39, 0.29) is 18.2 Å². The molecule has 3 N–H and O–H groups in total. The number of sulfonamides is 1. The van der Waals surface area contributed by atoms with Gasteiger partial charge in [-0.05, 0) is 25.0 Å². The molecular formula is C11H13ClFNO5S. The predicted octanol–water partition coefficient (Wildman–Crippen LogP) is 1.23. The molecule has 20 heavy (non-hydrogen) atoms. The monoisotopic (exact) mass is 325 g/mol. The molecule has 0 amide bonds. The Bertz CT molecular complexity index is 605. The van der Waals surface area contributed by atoms with E-state index in [0.29, 0.717) is 12.8 Å². The standard InChI is InChI=1S/C11H13ClFNO5S/c12-7-5-8(11(16)17)10(13)9(6-7)20(18,19)14-3-1-2-4-15/h5-6,14-15H,1-4H2,(H,16,17). The van der Waals surface area contributed by atoms with E-state index in [9.17, 15) is 17.6 Å². The summed E-state index contributed by atoms with van der Waals surface area (Å²) in [5.74, 6) is -2.97. The second-order valence-corrected chi connectivity index (χ2v) is 6.07. The largest absolute Gasteiger partial charge is 0.478 e. The van der Waals surface area contributed by atoms with Gasteiger partial charge >= 0.3 is 5.97 Å². The summed E-state index contributed by atoms with van der Waals surface area (Å²) in [6, 6.07) is 1.68. The fourth-order valence-corrected chi connectivity index (χ4v) is 2.92. The third-order valence-corrected chi connectivity index (χ3v) is 4.08. The zero-order chi connectivity index (χ0) is 15.3. The fraction of sp³-hybridized carbons (Fsp3) is 0.364. The maximum Gasteiger partial charge on any atom is 0.338 e. The van der Waals surface area contributed by atoms with E-state index >= 15 is 0 Å². The molecule has 0 radical (unpaired) electrons. The van der Waals surface area contributed by atoms with Crippen molar-refractivity contribution in [1.82, 2.24) is 4.72 Å². The van der Waals surface area contributed by atoms with Crippen LogP contribution in [0.3, 0.4) is 0 Å². The number of hydrogen-bond donors (Lipinski definition) is 3. The molecule has 0 saturated heterocycles. The van der Waals surface area contributed by atoms with Gasteiger partial charge in [0.25, 0.3) is 0 Å². The summed E-state index contributed by atoms with van der Waals surface area (Å²) in [5, 5.41) is 17.2. The Hall–Kier alpha value is -1.22. The number of nitrogens with one attached hydrogen (secondary N) is 1. The molecule has 0 aliphatic heterocycles. The lowest BCUT2D eigenvalue weighted by atomic mass is 10.2. The third kappa shape index (κ3) is 4.14. The molecule has 0 atom stereocenters. The number of aliphatic hydroxyl groups is 1. The van der Waals surface area contributed by atoms with Crippen LogP contribution in [-0.2, 0) is 10.0 Å². The van der Waals surface area contributed by atoms with E-state index in [4.69, 9.17) is 21.8 Å².